The normalized spacial score (nSPS) is 9.87. The molecule has 2 aromatic heterocycles. The van der Waals surface area contributed by atoms with Crippen LogP contribution in [0.4, 0.5) is 0 Å². The Hall–Kier alpha value is -2.10. The maximum Gasteiger partial charge on any atom is 0.253 e. The van der Waals surface area contributed by atoms with Gasteiger partial charge in [-0.3, -0.25) is 9.78 Å². The predicted octanol–water partition coefficient (Wildman–Crippen LogP) is 1.34. The first kappa shape index (κ1) is 9.45. The van der Waals surface area contributed by atoms with E-state index in [1.807, 2.05) is 18.3 Å². The minimum atomic E-state index is -0.113. The third kappa shape index (κ3) is 2.43. The maximum atomic E-state index is 11.6. The van der Waals surface area contributed by atoms with Crippen molar-refractivity contribution in [3.8, 4) is 0 Å². The number of rotatable bonds is 3. The summed E-state index contributed by atoms with van der Waals surface area (Å²) in [7, 11) is 0. The molecule has 0 saturated heterocycles. The van der Waals surface area contributed by atoms with E-state index in [4.69, 9.17) is 0 Å². The molecule has 1 amide bonds. The molecule has 0 atom stereocenters. The Morgan fingerprint density at radius 1 is 1.40 bits per heavy atom. The molecule has 0 spiro atoms. The lowest BCUT2D eigenvalue weighted by Crippen LogP contribution is -2.22. The quantitative estimate of drug-likeness (QED) is 0.787. The Morgan fingerprint density at radius 3 is 3.00 bits per heavy atom. The molecule has 2 rings (SSSR count). The van der Waals surface area contributed by atoms with E-state index in [2.05, 4.69) is 15.3 Å². The minimum Gasteiger partial charge on any atom is -0.364 e. The molecular formula is C11H11N3O. The van der Waals surface area contributed by atoms with E-state index in [0.29, 0.717) is 12.1 Å². The third-order valence-corrected chi connectivity index (χ3v) is 2.03. The molecule has 0 fully saturated rings. The molecule has 0 saturated carbocycles. The van der Waals surface area contributed by atoms with Gasteiger partial charge in [-0.05, 0) is 24.3 Å². The molecule has 0 radical (unpaired) electrons. The molecule has 2 N–H and O–H groups in total. The average molecular weight is 201 g/mol. The van der Waals surface area contributed by atoms with Crippen LogP contribution in [-0.4, -0.2) is 15.9 Å². The summed E-state index contributed by atoms with van der Waals surface area (Å²) in [4.78, 5) is 18.5. The highest BCUT2D eigenvalue weighted by atomic mass is 16.1. The first-order chi connectivity index (χ1) is 7.36. The van der Waals surface area contributed by atoms with Crippen molar-refractivity contribution >= 4 is 5.91 Å². The molecule has 15 heavy (non-hydrogen) atoms. The number of aromatic nitrogens is 2. The predicted molar refractivity (Wildman–Crippen MR) is 56.2 cm³/mol. The lowest BCUT2D eigenvalue weighted by Gasteiger charge is -2.02. The SMILES string of the molecule is O=C(NCc1ccc[nH]1)c1cccnc1. The van der Waals surface area contributed by atoms with E-state index < -0.39 is 0 Å². The zero-order valence-corrected chi connectivity index (χ0v) is 8.10. The summed E-state index contributed by atoms with van der Waals surface area (Å²) in [5, 5.41) is 2.79. The van der Waals surface area contributed by atoms with Crippen LogP contribution in [0.3, 0.4) is 0 Å². The highest BCUT2D eigenvalue weighted by Crippen LogP contribution is 1.97. The number of pyridine rings is 1. The van der Waals surface area contributed by atoms with Crippen molar-refractivity contribution in [3.05, 3.63) is 54.1 Å². The number of amides is 1. The highest BCUT2D eigenvalue weighted by Gasteiger charge is 2.03. The number of hydrogen-bond acceptors (Lipinski definition) is 2. The van der Waals surface area contributed by atoms with Crippen molar-refractivity contribution < 1.29 is 4.79 Å². The summed E-state index contributed by atoms with van der Waals surface area (Å²) in [5.41, 5.74) is 1.55. The fraction of sp³-hybridized carbons (Fsp3) is 0.0909. The van der Waals surface area contributed by atoms with Gasteiger partial charge >= 0.3 is 0 Å². The van der Waals surface area contributed by atoms with Crippen LogP contribution < -0.4 is 5.32 Å². The lowest BCUT2D eigenvalue weighted by atomic mass is 10.2. The fourth-order valence-electron chi connectivity index (χ4n) is 1.25. The minimum absolute atomic E-state index is 0.113. The van der Waals surface area contributed by atoms with Crippen LogP contribution in [0.1, 0.15) is 16.1 Å². The van der Waals surface area contributed by atoms with Gasteiger partial charge in [-0.2, -0.15) is 0 Å². The summed E-state index contributed by atoms with van der Waals surface area (Å²) in [6, 6.07) is 7.29. The first-order valence-corrected chi connectivity index (χ1v) is 4.67. The second-order valence-electron chi connectivity index (χ2n) is 3.12. The van der Waals surface area contributed by atoms with Gasteiger partial charge in [-0.1, -0.05) is 0 Å². The van der Waals surface area contributed by atoms with Gasteiger partial charge in [0.25, 0.3) is 5.91 Å². The number of nitrogens with zero attached hydrogens (tertiary/aromatic N) is 1. The van der Waals surface area contributed by atoms with Crippen LogP contribution in [0.2, 0.25) is 0 Å². The van der Waals surface area contributed by atoms with Gasteiger partial charge in [-0.15, -0.1) is 0 Å². The first-order valence-electron chi connectivity index (χ1n) is 4.67. The van der Waals surface area contributed by atoms with E-state index in [1.165, 1.54) is 0 Å². The van der Waals surface area contributed by atoms with E-state index in [0.717, 1.165) is 5.69 Å². The topological polar surface area (TPSA) is 57.8 Å². The van der Waals surface area contributed by atoms with Crippen LogP contribution in [0, 0.1) is 0 Å². The van der Waals surface area contributed by atoms with Crippen molar-refractivity contribution in [2.45, 2.75) is 6.54 Å². The average Bonchev–Trinajstić information content (AvgIpc) is 2.80. The monoisotopic (exact) mass is 201 g/mol. The second-order valence-corrected chi connectivity index (χ2v) is 3.12. The van der Waals surface area contributed by atoms with E-state index in [9.17, 15) is 4.79 Å². The van der Waals surface area contributed by atoms with Gasteiger partial charge < -0.3 is 10.3 Å². The van der Waals surface area contributed by atoms with Gasteiger partial charge in [0.2, 0.25) is 0 Å². The molecule has 2 heterocycles. The van der Waals surface area contributed by atoms with E-state index in [-0.39, 0.29) is 5.91 Å². The largest absolute Gasteiger partial charge is 0.364 e. The second kappa shape index (κ2) is 4.41. The number of H-pyrrole nitrogens is 1. The van der Waals surface area contributed by atoms with E-state index in [1.54, 1.807) is 24.5 Å². The molecule has 0 bridgehead atoms. The van der Waals surface area contributed by atoms with Crippen molar-refractivity contribution in [3.63, 3.8) is 0 Å². The molecule has 0 aromatic carbocycles. The van der Waals surface area contributed by atoms with Gasteiger partial charge in [0.15, 0.2) is 0 Å². The van der Waals surface area contributed by atoms with Gasteiger partial charge in [-0.25, -0.2) is 0 Å². The Bertz CT molecular complexity index is 422. The molecule has 0 aliphatic rings. The third-order valence-electron chi connectivity index (χ3n) is 2.03. The van der Waals surface area contributed by atoms with Crippen LogP contribution in [0.15, 0.2) is 42.9 Å². The van der Waals surface area contributed by atoms with Crippen molar-refractivity contribution in [1.82, 2.24) is 15.3 Å². The number of nitrogens with one attached hydrogen (secondary N) is 2. The molecule has 76 valence electrons. The number of carbonyl (C=O) groups is 1. The zero-order valence-electron chi connectivity index (χ0n) is 8.10. The summed E-state index contributed by atoms with van der Waals surface area (Å²) < 4.78 is 0. The van der Waals surface area contributed by atoms with Crippen LogP contribution in [0.5, 0.6) is 0 Å². The van der Waals surface area contributed by atoms with Crippen molar-refractivity contribution in [2.24, 2.45) is 0 Å². The number of hydrogen-bond donors (Lipinski definition) is 2. The summed E-state index contributed by atoms with van der Waals surface area (Å²) in [6.07, 6.45) is 5.01. The van der Waals surface area contributed by atoms with Crippen LogP contribution in [0.25, 0.3) is 0 Å². The Morgan fingerprint density at radius 2 is 2.33 bits per heavy atom. The Kier molecular flexibility index (Phi) is 2.78. The van der Waals surface area contributed by atoms with Gasteiger partial charge in [0.1, 0.15) is 0 Å². The van der Waals surface area contributed by atoms with Crippen molar-refractivity contribution in [1.29, 1.82) is 0 Å². The smallest absolute Gasteiger partial charge is 0.253 e. The lowest BCUT2D eigenvalue weighted by molar-refractivity contribution is 0.0950. The van der Waals surface area contributed by atoms with Gasteiger partial charge in [0, 0.05) is 24.3 Å². The molecular weight excluding hydrogens is 190 g/mol. The summed E-state index contributed by atoms with van der Waals surface area (Å²) in [6.45, 7) is 0.501. The highest BCUT2D eigenvalue weighted by molar-refractivity contribution is 5.93. The van der Waals surface area contributed by atoms with Crippen molar-refractivity contribution in [2.75, 3.05) is 0 Å². The molecule has 0 aliphatic carbocycles. The van der Waals surface area contributed by atoms with Gasteiger partial charge in [0.05, 0.1) is 12.1 Å². The Balaban J connectivity index is 1.94. The molecule has 0 unspecified atom stereocenters. The van der Waals surface area contributed by atoms with Crippen LogP contribution >= 0.6 is 0 Å². The molecule has 0 aliphatic heterocycles. The number of aromatic amines is 1. The van der Waals surface area contributed by atoms with E-state index >= 15 is 0 Å². The summed E-state index contributed by atoms with van der Waals surface area (Å²) in [5.74, 6) is -0.113. The zero-order chi connectivity index (χ0) is 10.5. The molecule has 4 heteroatoms. The summed E-state index contributed by atoms with van der Waals surface area (Å²) >= 11 is 0. The molecule has 2 aromatic rings. The maximum absolute atomic E-state index is 11.6. The number of carbonyl (C=O) groups excluding carboxylic acids is 1. The molecule has 4 nitrogen and oxygen atoms in total. The standard InChI is InChI=1S/C11H11N3O/c15-11(9-3-1-5-12-7-9)14-8-10-4-2-6-13-10/h1-7,13H,8H2,(H,14,15). The fourth-order valence-corrected chi connectivity index (χ4v) is 1.25. The van der Waals surface area contributed by atoms with Crippen LogP contribution in [-0.2, 0) is 6.54 Å². The Labute approximate surface area is 87.4 Å².